The van der Waals surface area contributed by atoms with E-state index >= 15 is 0 Å². The Morgan fingerprint density at radius 3 is 2.87 bits per heavy atom. The maximum atomic E-state index is 12.6. The van der Waals surface area contributed by atoms with E-state index in [9.17, 15) is 4.79 Å². The summed E-state index contributed by atoms with van der Waals surface area (Å²) in [5.41, 5.74) is 3.52. The Hall–Kier alpha value is -1.59. The minimum atomic E-state index is 0.147. The zero-order valence-electron chi connectivity index (χ0n) is 13.3. The molecule has 2 heterocycles. The number of fused-ring (bicyclic) bond motifs is 1. The number of aryl methyl sites for hydroxylation is 1. The largest absolute Gasteiger partial charge is 0.494 e. The Balaban J connectivity index is 1.67. The molecule has 122 valence electrons. The fraction of sp³-hybridized carbons (Fsp3) is 0.389. The zero-order chi connectivity index (χ0) is 16.2. The fourth-order valence-electron chi connectivity index (χ4n) is 2.97. The average Bonchev–Trinajstić information content (AvgIpc) is 2.90. The molecule has 0 aliphatic carbocycles. The van der Waals surface area contributed by atoms with Crippen LogP contribution in [0.5, 0.6) is 5.75 Å². The van der Waals surface area contributed by atoms with Crippen LogP contribution in [0.4, 0.5) is 0 Å². The second kappa shape index (κ2) is 7.32. The molecule has 0 saturated carbocycles. The van der Waals surface area contributed by atoms with Gasteiger partial charge < -0.3 is 10.1 Å². The summed E-state index contributed by atoms with van der Waals surface area (Å²) in [7, 11) is 0. The van der Waals surface area contributed by atoms with E-state index in [1.165, 1.54) is 5.56 Å². The van der Waals surface area contributed by atoms with Crippen LogP contribution in [0, 0.1) is 0 Å². The minimum absolute atomic E-state index is 0.147. The molecular weight excluding hydrogens is 356 g/mol. The Morgan fingerprint density at radius 2 is 2.13 bits per heavy atom. The van der Waals surface area contributed by atoms with Gasteiger partial charge in [-0.25, -0.2) is 0 Å². The molecule has 5 heteroatoms. The number of halogens is 1. The molecule has 2 aromatic rings. The van der Waals surface area contributed by atoms with E-state index in [1.807, 2.05) is 35.8 Å². The highest BCUT2D eigenvalue weighted by Gasteiger charge is 2.20. The number of rotatable bonds is 5. The van der Waals surface area contributed by atoms with Gasteiger partial charge >= 0.3 is 0 Å². The lowest BCUT2D eigenvalue weighted by molar-refractivity contribution is 0.0897. The summed E-state index contributed by atoms with van der Waals surface area (Å²) in [4.78, 5) is 12.6. The van der Waals surface area contributed by atoms with Crippen molar-refractivity contribution >= 4 is 21.8 Å². The average molecular weight is 377 g/mol. The highest BCUT2D eigenvalue weighted by atomic mass is 79.9. The number of nitrogens with one attached hydrogen (secondary N) is 1. The van der Waals surface area contributed by atoms with Crippen LogP contribution < -0.4 is 10.1 Å². The predicted molar refractivity (Wildman–Crippen MR) is 94.1 cm³/mol. The SMILES string of the molecule is CCOc1ccc(CCC(=O)n2c(Br)cc3c2CCNC3)cc1. The van der Waals surface area contributed by atoms with Crippen LogP contribution in [-0.4, -0.2) is 23.6 Å². The first kappa shape index (κ1) is 16.3. The normalized spacial score (nSPS) is 13.7. The lowest BCUT2D eigenvalue weighted by Gasteiger charge is -2.16. The second-order valence-electron chi connectivity index (χ2n) is 5.67. The number of hydrogen-bond donors (Lipinski definition) is 1. The number of aromatic nitrogens is 1. The molecule has 1 aromatic heterocycles. The van der Waals surface area contributed by atoms with Crippen LogP contribution in [-0.2, 0) is 19.4 Å². The van der Waals surface area contributed by atoms with Gasteiger partial charge in [0, 0.05) is 31.6 Å². The van der Waals surface area contributed by atoms with E-state index in [1.54, 1.807) is 0 Å². The summed E-state index contributed by atoms with van der Waals surface area (Å²) in [6.45, 7) is 4.40. The summed E-state index contributed by atoms with van der Waals surface area (Å²) < 4.78 is 8.14. The van der Waals surface area contributed by atoms with Crippen LogP contribution >= 0.6 is 15.9 Å². The molecule has 1 aliphatic heterocycles. The van der Waals surface area contributed by atoms with Gasteiger partial charge in [-0.1, -0.05) is 12.1 Å². The third kappa shape index (κ3) is 3.67. The van der Waals surface area contributed by atoms with E-state index in [-0.39, 0.29) is 5.91 Å². The molecule has 3 rings (SSSR count). The van der Waals surface area contributed by atoms with Crippen LogP contribution in [0.15, 0.2) is 34.9 Å². The number of nitrogens with zero attached hydrogens (tertiary/aromatic N) is 1. The molecule has 0 atom stereocenters. The predicted octanol–water partition coefficient (Wildman–Crippen LogP) is 3.57. The molecule has 1 N–H and O–H groups in total. The molecule has 0 radical (unpaired) electrons. The van der Waals surface area contributed by atoms with Gasteiger partial charge in [0.2, 0.25) is 5.91 Å². The lowest BCUT2D eigenvalue weighted by Crippen LogP contribution is -2.26. The maximum Gasteiger partial charge on any atom is 0.232 e. The number of hydrogen-bond acceptors (Lipinski definition) is 3. The molecule has 0 spiro atoms. The summed E-state index contributed by atoms with van der Waals surface area (Å²) in [6, 6.07) is 10.0. The Morgan fingerprint density at radius 1 is 1.35 bits per heavy atom. The van der Waals surface area contributed by atoms with E-state index in [2.05, 4.69) is 27.3 Å². The highest BCUT2D eigenvalue weighted by Crippen LogP contribution is 2.24. The molecule has 0 amide bonds. The third-order valence-electron chi connectivity index (χ3n) is 4.11. The zero-order valence-corrected chi connectivity index (χ0v) is 14.9. The number of ether oxygens (including phenoxy) is 1. The maximum absolute atomic E-state index is 12.6. The van der Waals surface area contributed by atoms with E-state index < -0.39 is 0 Å². The Labute approximate surface area is 145 Å². The van der Waals surface area contributed by atoms with Gasteiger partial charge in [-0.05, 0) is 58.6 Å². The fourth-order valence-corrected chi connectivity index (χ4v) is 3.66. The van der Waals surface area contributed by atoms with Crippen LogP contribution in [0.25, 0.3) is 0 Å². The van der Waals surface area contributed by atoms with Crippen molar-refractivity contribution in [2.45, 2.75) is 32.7 Å². The summed E-state index contributed by atoms with van der Waals surface area (Å²) in [6.07, 6.45) is 2.14. The third-order valence-corrected chi connectivity index (χ3v) is 4.70. The number of carbonyl (C=O) groups is 1. The first-order valence-corrected chi connectivity index (χ1v) is 8.83. The molecule has 0 bridgehead atoms. The molecule has 1 aliphatic rings. The highest BCUT2D eigenvalue weighted by molar-refractivity contribution is 9.10. The van der Waals surface area contributed by atoms with E-state index in [0.29, 0.717) is 13.0 Å². The van der Waals surface area contributed by atoms with Gasteiger partial charge in [0.15, 0.2) is 0 Å². The molecule has 0 saturated heterocycles. The summed E-state index contributed by atoms with van der Waals surface area (Å²) in [5.74, 6) is 1.02. The van der Waals surface area contributed by atoms with Crippen molar-refractivity contribution < 1.29 is 9.53 Å². The molecule has 4 nitrogen and oxygen atoms in total. The van der Waals surface area contributed by atoms with Crippen molar-refractivity contribution in [2.75, 3.05) is 13.2 Å². The van der Waals surface area contributed by atoms with Gasteiger partial charge in [0.25, 0.3) is 0 Å². The van der Waals surface area contributed by atoms with Crippen LogP contribution in [0.3, 0.4) is 0 Å². The van der Waals surface area contributed by atoms with Crippen LogP contribution in [0.2, 0.25) is 0 Å². The van der Waals surface area contributed by atoms with Crippen molar-refractivity contribution in [3.05, 3.63) is 51.8 Å². The first-order chi connectivity index (χ1) is 11.2. The minimum Gasteiger partial charge on any atom is -0.494 e. The van der Waals surface area contributed by atoms with Crippen LogP contribution in [0.1, 0.15) is 35.0 Å². The van der Waals surface area contributed by atoms with Gasteiger partial charge in [-0.2, -0.15) is 0 Å². The summed E-state index contributed by atoms with van der Waals surface area (Å²) >= 11 is 3.53. The van der Waals surface area contributed by atoms with Crippen molar-refractivity contribution in [3.8, 4) is 5.75 Å². The Kier molecular flexibility index (Phi) is 5.18. The molecule has 23 heavy (non-hydrogen) atoms. The van der Waals surface area contributed by atoms with Crippen molar-refractivity contribution in [1.82, 2.24) is 9.88 Å². The second-order valence-corrected chi connectivity index (χ2v) is 6.48. The lowest BCUT2D eigenvalue weighted by atomic mass is 10.1. The van der Waals surface area contributed by atoms with Gasteiger partial charge in [-0.15, -0.1) is 0 Å². The monoisotopic (exact) mass is 376 g/mol. The summed E-state index contributed by atoms with van der Waals surface area (Å²) in [5, 5.41) is 3.34. The number of benzene rings is 1. The van der Waals surface area contributed by atoms with E-state index in [0.717, 1.165) is 47.5 Å². The molecular formula is C18H21BrN2O2. The van der Waals surface area contributed by atoms with Crippen molar-refractivity contribution in [2.24, 2.45) is 0 Å². The smallest absolute Gasteiger partial charge is 0.232 e. The standard InChI is InChI=1S/C18H21BrN2O2/c1-2-23-15-6-3-13(4-7-15)5-8-18(22)21-16-9-10-20-12-14(16)11-17(21)19/h3-4,6-7,11,20H,2,5,8-10,12H2,1H3. The molecule has 1 aromatic carbocycles. The first-order valence-electron chi connectivity index (χ1n) is 8.03. The van der Waals surface area contributed by atoms with Gasteiger partial charge in [0.05, 0.1) is 11.2 Å². The van der Waals surface area contributed by atoms with Crippen molar-refractivity contribution in [3.63, 3.8) is 0 Å². The molecule has 0 unspecified atom stereocenters. The van der Waals surface area contributed by atoms with E-state index in [4.69, 9.17) is 4.74 Å². The quantitative estimate of drug-likeness (QED) is 0.867. The number of carbonyl (C=O) groups excluding carboxylic acids is 1. The Bertz CT molecular complexity index is 692. The topological polar surface area (TPSA) is 43.3 Å². The van der Waals surface area contributed by atoms with Crippen molar-refractivity contribution in [1.29, 1.82) is 0 Å². The van der Waals surface area contributed by atoms with Gasteiger partial charge in [0.1, 0.15) is 5.75 Å². The van der Waals surface area contributed by atoms with Gasteiger partial charge in [-0.3, -0.25) is 9.36 Å². The molecule has 0 fully saturated rings.